The molecule has 1 fully saturated rings. The number of carbonyl (C=O) groups excluding carboxylic acids is 1. The van der Waals surface area contributed by atoms with E-state index < -0.39 is 0 Å². The van der Waals surface area contributed by atoms with Crippen molar-refractivity contribution in [2.45, 2.75) is 19.9 Å². The van der Waals surface area contributed by atoms with Gasteiger partial charge in [0.05, 0.1) is 6.04 Å². The quantitative estimate of drug-likeness (QED) is 0.767. The molecular formula is C20H20N4O2. The summed E-state index contributed by atoms with van der Waals surface area (Å²) in [6.45, 7) is 4.66. The Morgan fingerprint density at radius 2 is 2.00 bits per heavy atom. The molecule has 2 aromatic carbocycles. The van der Waals surface area contributed by atoms with E-state index >= 15 is 0 Å². The van der Waals surface area contributed by atoms with Crippen LogP contribution in [-0.2, 0) is 0 Å². The topological polar surface area (TPSA) is 71.3 Å². The second-order valence-electron chi connectivity index (χ2n) is 6.63. The number of anilines is 1. The molecule has 6 heteroatoms. The molecule has 1 saturated heterocycles. The van der Waals surface area contributed by atoms with Crippen molar-refractivity contribution in [2.24, 2.45) is 5.92 Å². The third kappa shape index (κ3) is 3.06. The first-order valence-electron chi connectivity index (χ1n) is 8.65. The third-order valence-electron chi connectivity index (χ3n) is 4.66. The van der Waals surface area contributed by atoms with Crippen LogP contribution in [0.1, 0.15) is 24.4 Å². The monoisotopic (exact) mass is 348 g/mol. The molecule has 4 rings (SSSR count). The minimum absolute atomic E-state index is 0.0987. The Labute approximate surface area is 151 Å². The Morgan fingerprint density at radius 1 is 1.19 bits per heavy atom. The Hall–Kier alpha value is -3.15. The molecule has 1 aliphatic heterocycles. The zero-order valence-electron chi connectivity index (χ0n) is 14.7. The van der Waals surface area contributed by atoms with Crippen molar-refractivity contribution in [3.8, 4) is 11.4 Å². The van der Waals surface area contributed by atoms with Gasteiger partial charge in [-0.3, -0.25) is 0 Å². The van der Waals surface area contributed by atoms with E-state index in [-0.39, 0.29) is 12.1 Å². The maximum Gasteiger partial charge on any atom is 0.322 e. The first kappa shape index (κ1) is 16.3. The number of amides is 2. The molecule has 1 aliphatic rings. The van der Waals surface area contributed by atoms with Crippen LogP contribution < -0.4 is 5.32 Å². The molecule has 26 heavy (non-hydrogen) atoms. The molecule has 0 aliphatic carbocycles. The lowest BCUT2D eigenvalue weighted by atomic mass is 9.85. The standard InChI is InChI=1S/C20H20N4O2/c1-13-12-24(18(13)15-7-4-3-5-8-15)20(25)22-17-10-6-9-16(11-17)19-21-14(2)26-23-19/h3-11,13,18H,12H2,1-2H3,(H,22,25)/t13-,18-/m1/s1. The molecule has 132 valence electrons. The molecule has 0 unspecified atom stereocenters. The van der Waals surface area contributed by atoms with Crippen LogP contribution in [0.25, 0.3) is 11.4 Å². The van der Waals surface area contributed by atoms with Crippen LogP contribution in [0, 0.1) is 12.8 Å². The largest absolute Gasteiger partial charge is 0.339 e. The van der Waals surface area contributed by atoms with Gasteiger partial charge in [0.25, 0.3) is 0 Å². The number of aryl methyl sites for hydroxylation is 1. The molecule has 3 aromatic rings. The lowest BCUT2D eigenvalue weighted by Gasteiger charge is -2.46. The van der Waals surface area contributed by atoms with Crippen LogP contribution in [0.15, 0.2) is 59.1 Å². The van der Waals surface area contributed by atoms with Crippen molar-refractivity contribution < 1.29 is 9.32 Å². The van der Waals surface area contributed by atoms with Crippen LogP contribution in [-0.4, -0.2) is 27.6 Å². The van der Waals surface area contributed by atoms with Crippen molar-refractivity contribution in [3.05, 3.63) is 66.1 Å². The van der Waals surface area contributed by atoms with E-state index in [4.69, 9.17) is 4.52 Å². The molecule has 0 spiro atoms. The summed E-state index contributed by atoms with van der Waals surface area (Å²) in [5.41, 5.74) is 2.68. The number of carbonyl (C=O) groups is 1. The minimum atomic E-state index is -0.0987. The van der Waals surface area contributed by atoms with Crippen molar-refractivity contribution >= 4 is 11.7 Å². The molecule has 0 radical (unpaired) electrons. The molecule has 1 N–H and O–H groups in total. The van der Waals surface area contributed by atoms with Gasteiger partial charge in [-0.05, 0) is 23.6 Å². The van der Waals surface area contributed by atoms with Crippen molar-refractivity contribution in [2.75, 3.05) is 11.9 Å². The highest BCUT2D eigenvalue weighted by molar-refractivity contribution is 5.91. The number of benzene rings is 2. The first-order chi connectivity index (χ1) is 12.6. The van der Waals surface area contributed by atoms with Crippen LogP contribution in [0.3, 0.4) is 0 Å². The molecule has 6 nitrogen and oxygen atoms in total. The average molecular weight is 348 g/mol. The molecule has 0 bridgehead atoms. The molecule has 0 saturated carbocycles. The maximum atomic E-state index is 12.7. The minimum Gasteiger partial charge on any atom is -0.339 e. The fourth-order valence-corrected chi connectivity index (χ4v) is 3.41. The molecule has 2 heterocycles. The van der Waals surface area contributed by atoms with Gasteiger partial charge in [0.1, 0.15) is 0 Å². The van der Waals surface area contributed by atoms with Gasteiger partial charge in [-0.15, -0.1) is 0 Å². The average Bonchev–Trinajstić information content (AvgIpc) is 3.07. The fraction of sp³-hybridized carbons (Fsp3) is 0.250. The van der Waals surface area contributed by atoms with E-state index in [9.17, 15) is 4.79 Å². The highest BCUT2D eigenvalue weighted by Gasteiger charge is 2.39. The number of hydrogen-bond acceptors (Lipinski definition) is 4. The van der Waals surface area contributed by atoms with Gasteiger partial charge in [-0.2, -0.15) is 4.98 Å². The molecule has 2 atom stereocenters. The highest BCUT2D eigenvalue weighted by atomic mass is 16.5. The Morgan fingerprint density at radius 3 is 2.69 bits per heavy atom. The van der Waals surface area contributed by atoms with Crippen molar-refractivity contribution in [1.29, 1.82) is 0 Å². The van der Waals surface area contributed by atoms with Gasteiger partial charge in [0.2, 0.25) is 11.7 Å². The maximum absolute atomic E-state index is 12.7. The van der Waals surface area contributed by atoms with Gasteiger partial charge in [-0.25, -0.2) is 4.79 Å². The third-order valence-corrected chi connectivity index (χ3v) is 4.66. The second-order valence-corrected chi connectivity index (χ2v) is 6.63. The van der Waals surface area contributed by atoms with Gasteiger partial charge in [0, 0.05) is 24.7 Å². The number of nitrogens with zero attached hydrogens (tertiary/aromatic N) is 3. The Kier molecular flexibility index (Phi) is 4.16. The van der Waals surface area contributed by atoms with E-state index in [1.165, 1.54) is 0 Å². The number of urea groups is 1. The zero-order valence-corrected chi connectivity index (χ0v) is 14.7. The lowest BCUT2D eigenvalue weighted by Crippen LogP contribution is -2.53. The summed E-state index contributed by atoms with van der Waals surface area (Å²) in [6, 6.07) is 17.6. The normalized spacial score (nSPS) is 19.1. The van der Waals surface area contributed by atoms with Gasteiger partial charge < -0.3 is 14.7 Å². The molecular weight excluding hydrogens is 328 g/mol. The van der Waals surface area contributed by atoms with Gasteiger partial charge in [0.15, 0.2) is 0 Å². The second kappa shape index (κ2) is 6.63. The predicted octanol–water partition coefficient (Wildman–Crippen LogP) is 4.27. The van der Waals surface area contributed by atoms with Crippen molar-refractivity contribution in [1.82, 2.24) is 15.0 Å². The summed E-state index contributed by atoms with van der Waals surface area (Å²) in [5, 5.41) is 6.90. The van der Waals surface area contributed by atoms with E-state index in [1.807, 2.05) is 47.4 Å². The number of nitrogens with one attached hydrogen (secondary N) is 1. The Balaban J connectivity index is 1.50. The van der Waals surface area contributed by atoms with E-state index in [2.05, 4.69) is 34.5 Å². The van der Waals surface area contributed by atoms with Crippen molar-refractivity contribution in [3.63, 3.8) is 0 Å². The number of likely N-dealkylation sites (tertiary alicyclic amines) is 1. The zero-order chi connectivity index (χ0) is 18.1. The smallest absolute Gasteiger partial charge is 0.322 e. The van der Waals surface area contributed by atoms with E-state index in [1.54, 1.807) is 6.92 Å². The summed E-state index contributed by atoms with van der Waals surface area (Å²) in [4.78, 5) is 18.8. The highest BCUT2D eigenvalue weighted by Crippen LogP contribution is 2.38. The predicted molar refractivity (Wildman–Crippen MR) is 98.5 cm³/mol. The first-order valence-corrected chi connectivity index (χ1v) is 8.65. The number of aromatic nitrogens is 2. The van der Waals surface area contributed by atoms with Gasteiger partial charge >= 0.3 is 6.03 Å². The van der Waals surface area contributed by atoms with Crippen LogP contribution >= 0.6 is 0 Å². The summed E-state index contributed by atoms with van der Waals surface area (Å²) >= 11 is 0. The lowest BCUT2D eigenvalue weighted by molar-refractivity contribution is 0.0671. The van der Waals surface area contributed by atoms with E-state index in [0.717, 1.165) is 17.7 Å². The summed E-state index contributed by atoms with van der Waals surface area (Å²) in [6.07, 6.45) is 0. The summed E-state index contributed by atoms with van der Waals surface area (Å²) in [5.74, 6) is 1.46. The molecule has 1 aromatic heterocycles. The van der Waals surface area contributed by atoms with E-state index in [0.29, 0.717) is 23.3 Å². The number of hydrogen-bond donors (Lipinski definition) is 1. The van der Waals surface area contributed by atoms with Crippen LogP contribution in [0.4, 0.5) is 10.5 Å². The molecule has 2 amide bonds. The summed E-state index contributed by atoms with van der Waals surface area (Å²) in [7, 11) is 0. The SMILES string of the molecule is Cc1nc(-c2cccc(NC(=O)N3C[C@@H](C)[C@@H]3c3ccccc3)c2)no1. The Bertz CT molecular complexity index is 922. The van der Waals surface area contributed by atoms with Crippen LogP contribution in [0.5, 0.6) is 0 Å². The van der Waals surface area contributed by atoms with Crippen LogP contribution in [0.2, 0.25) is 0 Å². The summed E-state index contributed by atoms with van der Waals surface area (Å²) < 4.78 is 5.02. The number of rotatable bonds is 3. The fourth-order valence-electron chi connectivity index (χ4n) is 3.41. The van der Waals surface area contributed by atoms with Gasteiger partial charge in [-0.1, -0.05) is 54.5 Å².